The first-order valence-electron chi connectivity index (χ1n) is 11.3. The number of nitrogens with zero attached hydrogens (tertiary/aromatic N) is 4. The number of aromatic nitrogens is 1. The molecule has 2 bridgehead atoms. The molecule has 1 saturated heterocycles. The number of likely N-dealkylation sites (N-methyl/N-ethyl adjacent to an activating group) is 1. The van der Waals surface area contributed by atoms with Gasteiger partial charge in [-0.2, -0.15) is 44.8 Å². The lowest BCUT2D eigenvalue weighted by Gasteiger charge is -2.38. The molecule has 1 aliphatic heterocycles. The van der Waals surface area contributed by atoms with Crippen molar-refractivity contribution in [2.24, 2.45) is 5.92 Å². The fourth-order valence-corrected chi connectivity index (χ4v) is 5.25. The minimum absolute atomic E-state index is 0.154. The monoisotopic (exact) mass is 550 g/mol. The van der Waals surface area contributed by atoms with Crippen LogP contribution in [0, 0.1) is 24.2 Å². The fraction of sp³-hybridized carbons (Fsp3) is 0.458. The van der Waals surface area contributed by atoms with Crippen LogP contribution < -0.4 is 9.80 Å². The van der Waals surface area contributed by atoms with Gasteiger partial charge in [0.25, 0.3) is 0 Å². The number of benzene rings is 1. The van der Waals surface area contributed by atoms with Crippen molar-refractivity contribution >= 4 is 17.4 Å². The summed E-state index contributed by atoms with van der Waals surface area (Å²) < 4.78 is 122. The van der Waals surface area contributed by atoms with E-state index in [1.54, 1.807) is 0 Å². The Morgan fingerprint density at radius 2 is 1.66 bits per heavy atom. The van der Waals surface area contributed by atoms with E-state index >= 15 is 0 Å². The molecule has 1 aromatic heterocycles. The lowest BCUT2D eigenvalue weighted by atomic mass is 9.96. The molecular weight excluding hydrogens is 531 g/mol. The Bertz CT molecular complexity index is 1310. The van der Waals surface area contributed by atoms with Gasteiger partial charge in [-0.25, -0.2) is 4.98 Å². The summed E-state index contributed by atoms with van der Waals surface area (Å²) in [4.78, 5) is 18.9. The van der Waals surface area contributed by atoms with E-state index in [1.165, 1.54) is 26.1 Å². The van der Waals surface area contributed by atoms with Crippen LogP contribution in [-0.2, 0) is 23.3 Å². The average Bonchev–Trinajstić information content (AvgIpc) is 3.42. The third-order valence-electron chi connectivity index (χ3n) is 6.90. The number of carbonyl (C=O) groups excluding carboxylic acids is 1. The summed E-state index contributed by atoms with van der Waals surface area (Å²) in [6, 6.07) is 1.93. The lowest BCUT2D eigenvalue weighted by molar-refractivity contribution is -0.145. The van der Waals surface area contributed by atoms with E-state index < -0.39 is 70.6 Å². The number of amides is 1. The van der Waals surface area contributed by atoms with E-state index in [0.717, 1.165) is 21.9 Å². The number of alkyl halides is 9. The van der Waals surface area contributed by atoms with Crippen LogP contribution >= 0.6 is 0 Å². The molecule has 0 N–H and O–H groups in total. The van der Waals surface area contributed by atoms with Crippen molar-refractivity contribution in [1.29, 1.82) is 5.26 Å². The van der Waals surface area contributed by atoms with Gasteiger partial charge in [0.05, 0.1) is 11.1 Å². The maximum Gasteiger partial charge on any atom is 0.433 e. The second kappa shape index (κ2) is 9.06. The zero-order valence-electron chi connectivity index (χ0n) is 19.8. The van der Waals surface area contributed by atoms with Crippen molar-refractivity contribution in [3.05, 3.63) is 52.2 Å². The summed E-state index contributed by atoms with van der Waals surface area (Å²) in [5.74, 6) is -2.28. The van der Waals surface area contributed by atoms with Gasteiger partial charge in [0.15, 0.2) is 0 Å². The topological polar surface area (TPSA) is 60.2 Å². The molecule has 0 unspecified atom stereocenters. The standard InChI is InChI=1S/C24H19F9N4O/c1-11-5-13(22(25,26)27)8-15(6-11)36(2)21(38)19-12-3-4-14(7-12)37(19)20-16(10-34)17(23(28,29)30)9-18(35-20)24(31,32)33/h5-6,8-9,12,14,19H,3-4,7H2,1-2H3/t12-,14+,19-/m1/s1. The molecule has 1 aromatic carbocycles. The number of nitriles is 1. The second-order valence-corrected chi connectivity index (χ2v) is 9.39. The second-order valence-electron chi connectivity index (χ2n) is 9.39. The molecule has 204 valence electrons. The summed E-state index contributed by atoms with van der Waals surface area (Å²) in [5.41, 5.74) is -5.88. The molecule has 2 fully saturated rings. The normalized spacial score (nSPS) is 21.5. The predicted octanol–water partition coefficient (Wildman–Crippen LogP) is 6.34. The zero-order valence-corrected chi connectivity index (χ0v) is 19.8. The number of carbonyl (C=O) groups is 1. The lowest BCUT2D eigenvalue weighted by Crippen LogP contribution is -2.52. The van der Waals surface area contributed by atoms with Gasteiger partial charge < -0.3 is 9.80 Å². The van der Waals surface area contributed by atoms with Gasteiger partial charge >= 0.3 is 18.5 Å². The molecule has 2 aromatic rings. The molecule has 4 rings (SSSR count). The number of aryl methyl sites for hydroxylation is 1. The highest BCUT2D eigenvalue weighted by molar-refractivity contribution is 6.00. The quantitative estimate of drug-likeness (QED) is 0.419. The molecular formula is C24H19F9N4O. The molecule has 5 nitrogen and oxygen atoms in total. The number of hydrogen-bond acceptors (Lipinski definition) is 4. The molecule has 14 heteroatoms. The Balaban J connectivity index is 1.84. The van der Waals surface area contributed by atoms with Crippen LogP contribution in [-0.4, -0.2) is 30.0 Å². The van der Waals surface area contributed by atoms with Gasteiger partial charge in [0.2, 0.25) is 5.91 Å². The van der Waals surface area contributed by atoms with E-state index in [2.05, 4.69) is 4.98 Å². The molecule has 0 radical (unpaired) electrons. The number of fused-ring (bicyclic) bond motifs is 2. The van der Waals surface area contributed by atoms with Gasteiger partial charge in [-0.15, -0.1) is 0 Å². The zero-order chi connectivity index (χ0) is 28.4. The average molecular weight is 550 g/mol. The molecule has 1 aliphatic carbocycles. The van der Waals surface area contributed by atoms with Crippen molar-refractivity contribution in [3.8, 4) is 6.07 Å². The molecule has 1 saturated carbocycles. The minimum atomic E-state index is -5.33. The van der Waals surface area contributed by atoms with Crippen LogP contribution in [0.25, 0.3) is 0 Å². The molecule has 1 amide bonds. The summed E-state index contributed by atoms with van der Waals surface area (Å²) in [7, 11) is 1.17. The number of piperidine rings is 1. The highest BCUT2D eigenvalue weighted by Crippen LogP contribution is 2.48. The van der Waals surface area contributed by atoms with Crippen molar-refractivity contribution in [1.82, 2.24) is 4.98 Å². The predicted molar refractivity (Wildman–Crippen MR) is 116 cm³/mol. The van der Waals surface area contributed by atoms with Crippen molar-refractivity contribution in [2.75, 3.05) is 16.8 Å². The Hall–Kier alpha value is -3.50. The molecule has 0 spiro atoms. The first-order valence-corrected chi connectivity index (χ1v) is 11.3. The highest BCUT2D eigenvalue weighted by atomic mass is 19.4. The number of halogens is 9. The van der Waals surface area contributed by atoms with Gasteiger partial charge in [0, 0.05) is 18.8 Å². The van der Waals surface area contributed by atoms with Crippen molar-refractivity contribution in [3.63, 3.8) is 0 Å². The fourth-order valence-electron chi connectivity index (χ4n) is 5.25. The Morgan fingerprint density at radius 3 is 2.21 bits per heavy atom. The van der Waals surface area contributed by atoms with Crippen molar-refractivity contribution < 1.29 is 44.3 Å². The largest absolute Gasteiger partial charge is 0.433 e. The van der Waals surface area contributed by atoms with Crippen LogP contribution in [0.3, 0.4) is 0 Å². The minimum Gasteiger partial charge on any atom is -0.340 e. The smallest absolute Gasteiger partial charge is 0.340 e. The number of rotatable bonds is 3. The Labute approximate surface area is 210 Å². The molecule has 3 atom stereocenters. The van der Waals surface area contributed by atoms with Gasteiger partial charge in [-0.1, -0.05) is 0 Å². The van der Waals surface area contributed by atoms with E-state index in [1.807, 2.05) is 0 Å². The van der Waals surface area contributed by atoms with Crippen LogP contribution in [0.5, 0.6) is 0 Å². The first-order chi connectivity index (χ1) is 17.4. The van der Waals surface area contributed by atoms with Crippen LogP contribution in [0.2, 0.25) is 0 Å². The maximum atomic E-state index is 13.7. The van der Waals surface area contributed by atoms with Crippen LogP contribution in [0.4, 0.5) is 51.0 Å². The Morgan fingerprint density at radius 1 is 1.00 bits per heavy atom. The third-order valence-corrected chi connectivity index (χ3v) is 6.90. The first kappa shape index (κ1) is 27.5. The number of pyridine rings is 1. The SMILES string of the molecule is Cc1cc(N(C)C(=O)[C@H]2[C@@H]3CC[C@@H](C3)N2c2nc(C(F)(F)F)cc(C(F)(F)F)c2C#N)cc(C(F)(F)F)c1. The number of hydrogen-bond donors (Lipinski definition) is 0. The molecule has 2 aliphatic rings. The third kappa shape index (κ3) is 4.86. The molecule has 38 heavy (non-hydrogen) atoms. The summed E-state index contributed by atoms with van der Waals surface area (Å²) in [6.45, 7) is 1.38. The summed E-state index contributed by atoms with van der Waals surface area (Å²) in [6.07, 6.45) is -14.4. The van der Waals surface area contributed by atoms with Crippen molar-refractivity contribution in [2.45, 2.75) is 56.8 Å². The van der Waals surface area contributed by atoms with Crippen LogP contribution in [0.1, 0.15) is 47.2 Å². The molecule has 2 heterocycles. The summed E-state index contributed by atoms with van der Waals surface area (Å²) >= 11 is 0. The highest BCUT2D eigenvalue weighted by Gasteiger charge is 2.53. The number of anilines is 2. The van der Waals surface area contributed by atoms with Gasteiger partial charge in [-0.3, -0.25) is 4.79 Å². The van der Waals surface area contributed by atoms with E-state index in [-0.39, 0.29) is 23.7 Å². The van der Waals surface area contributed by atoms with E-state index in [4.69, 9.17) is 0 Å². The summed E-state index contributed by atoms with van der Waals surface area (Å²) in [5, 5.41) is 9.54. The van der Waals surface area contributed by atoms with Gasteiger partial charge in [0.1, 0.15) is 29.2 Å². The van der Waals surface area contributed by atoms with Gasteiger partial charge in [-0.05, 0) is 61.9 Å². The maximum absolute atomic E-state index is 13.7. The van der Waals surface area contributed by atoms with E-state index in [0.29, 0.717) is 12.8 Å². The van der Waals surface area contributed by atoms with Crippen LogP contribution in [0.15, 0.2) is 24.3 Å². The Kier molecular flexibility index (Phi) is 6.56. The van der Waals surface area contributed by atoms with E-state index in [9.17, 15) is 49.6 Å².